The molecule has 1 rings (SSSR count). The summed E-state index contributed by atoms with van der Waals surface area (Å²) in [6, 6.07) is 6.06. The molecular weight excluding hydrogens is 282 g/mol. The Bertz CT molecular complexity index is 463. The highest BCUT2D eigenvalue weighted by atomic mass is 79.9. The van der Waals surface area contributed by atoms with Crippen LogP contribution in [0.3, 0.4) is 0 Å². The van der Waals surface area contributed by atoms with Gasteiger partial charge in [0, 0.05) is 5.33 Å². The average molecular weight is 296 g/mol. The van der Waals surface area contributed by atoms with Crippen molar-refractivity contribution in [1.29, 1.82) is 5.26 Å². The van der Waals surface area contributed by atoms with Crippen molar-refractivity contribution < 1.29 is 9.53 Å². The number of carbonyl (C=O) groups is 1. The molecule has 0 aliphatic heterocycles. The summed E-state index contributed by atoms with van der Waals surface area (Å²) >= 11 is 3.36. The Morgan fingerprint density at radius 2 is 2.12 bits per heavy atom. The van der Waals surface area contributed by atoms with E-state index in [2.05, 4.69) is 26.7 Å². The lowest BCUT2D eigenvalue weighted by Gasteiger charge is -2.10. The van der Waals surface area contributed by atoms with E-state index in [4.69, 9.17) is 5.26 Å². The van der Waals surface area contributed by atoms with Crippen LogP contribution in [0.1, 0.15) is 29.2 Å². The molecule has 3 nitrogen and oxygen atoms in total. The topological polar surface area (TPSA) is 50.1 Å². The number of nitriles is 1. The number of alkyl halides is 1. The van der Waals surface area contributed by atoms with Crippen molar-refractivity contribution in [3.63, 3.8) is 0 Å². The van der Waals surface area contributed by atoms with Gasteiger partial charge in [0.15, 0.2) is 0 Å². The van der Waals surface area contributed by atoms with Crippen molar-refractivity contribution in [1.82, 2.24) is 0 Å². The van der Waals surface area contributed by atoms with Gasteiger partial charge in [-0.25, -0.2) is 0 Å². The van der Waals surface area contributed by atoms with E-state index in [9.17, 15) is 4.79 Å². The first kappa shape index (κ1) is 13.7. The zero-order valence-electron chi connectivity index (χ0n) is 9.92. The van der Waals surface area contributed by atoms with E-state index in [1.807, 2.05) is 19.1 Å². The molecule has 0 radical (unpaired) electrons. The lowest BCUT2D eigenvalue weighted by molar-refractivity contribution is -0.139. The van der Waals surface area contributed by atoms with E-state index in [1.54, 1.807) is 0 Å². The van der Waals surface area contributed by atoms with Crippen LogP contribution in [-0.4, -0.2) is 13.1 Å². The molecule has 0 aliphatic rings. The molecule has 0 aliphatic carbocycles. The van der Waals surface area contributed by atoms with Gasteiger partial charge >= 0.3 is 5.97 Å². The summed E-state index contributed by atoms with van der Waals surface area (Å²) < 4.78 is 4.64. The van der Waals surface area contributed by atoms with Crippen LogP contribution < -0.4 is 0 Å². The smallest absolute Gasteiger partial charge is 0.310 e. The third-order valence-electron chi connectivity index (χ3n) is 2.59. The minimum absolute atomic E-state index is 0.146. The SMILES string of the molecule is CCc1cc(CBr)c(C#N)c(CC(=O)OC)c1. The van der Waals surface area contributed by atoms with Crippen LogP contribution >= 0.6 is 15.9 Å². The summed E-state index contributed by atoms with van der Waals surface area (Å²) in [5.41, 5.74) is 3.36. The van der Waals surface area contributed by atoms with Gasteiger partial charge in [0.1, 0.15) is 0 Å². The predicted octanol–water partition coefficient (Wildman–Crippen LogP) is 2.73. The van der Waals surface area contributed by atoms with Crippen molar-refractivity contribution in [2.45, 2.75) is 25.1 Å². The summed E-state index contributed by atoms with van der Waals surface area (Å²) in [6.07, 6.45) is 1.02. The summed E-state index contributed by atoms with van der Waals surface area (Å²) in [5, 5.41) is 9.77. The lowest BCUT2D eigenvalue weighted by atomic mass is 9.96. The Balaban J connectivity index is 3.25. The number of benzene rings is 1. The number of carbonyl (C=O) groups excluding carboxylic acids is 1. The first-order chi connectivity index (χ1) is 8.15. The van der Waals surface area contributed by atoms with Gasteiger partial charge in [-0.3, -0.25) is 4.79 Å². The molecule has 0 unspecified atom stereocenters. The number of esters is 1. The molecule has 0 saturated carbocycles. The van der Waals surface area contributed by atoms with E-state index < -0.39 is 0 Å². The predicted molar refractivity (Wildman–Crippen MR) is 68.9 cm³/mol. The fourth-order valence-corrected chi connectivity index (χ4v) is 2.10. The number of aryl methyl sites for hydroxylation is 1. The van der Waals surface area contributed by atoms with Crippen LogP contribution in [-0.2, 0) is 27.7 Å². The van der Waals surface area contributed by atoms with Crippen LogP contribution in [0.15, 0.2) is 12.1 Å². The number of hydrogen-bond donors (Lipinski definition) is 0. The molecule has 0 aromatic heterocycles. The van der Waals surface area contributed by atoms with Gasteiger partial charge in [-0.2, -0.15) is 5.26 Å². The summed E-state index contributed by atoms with van der Waals surface area (Å²) in [4.78, 5) is 11.3. The number of halogens is 1. The second-order valence-corrected chi connectivity index (χ2v) is 4.20. The Labute approximate surface area is 110 Å². The third-order valence-corrected chi connectivity index (χ3v) is 3.19. The second kappa shape index (κ2) is 6.41. The molecular formula is C13H14BrNO2. The van der Waals surface area contributed by atoms with Crippen molar-refractivity contribution in [2.24, 2.45) is 0 Å². The zero-order valence-corrected chi connectivity index (χ0v) is 11.5. The zero-order chi connectivity index (χ0) is 12.8. The monoisotopic (exact) mass is 295 g/mol. The van der Waals surface area contributed by atoms with E-state index in [-0.39, 0.29) is 12.4 Å². The molecule has 0 spiro atoms. The number of rotatable bonds is 4. The molecule has 1 aromatic rings. The Hall–Kier alpha value is -1.34. The van der Waals surface area contributed by atoms with Gasteiger partial charge in [0.25, 0.3) is 0 Å². The molecule has 90 valence electrons. The fourth-order valence-electron chi connectivity index (χ4n) is 1.66. The van der Waals surface area contributed by atoms with Gasteiger partial charge in [-0.05, 0) is 23.1 Å². The maximum Gasteiger partial charge on any atom is 0.310 e. The number of hydrogen-bond acceptors (Lipinski definition) is 3. The minimum Gasteiger partial charge on any atom is -0.469 e. The summed E-state index contributed by atoms with van der Waals surface area (Å²) in [5.74, 6) is -0.324. The third kappa shape index (κ3) is 3.31. The van der Waals surface area contributed by atoms with Crippen molar-refractivity contribution >= 4 is 21.9 Å². The molecule has 0 atom stereocenters. The van der Waals surface area contributed by atoms with Crippen molar-refractivity contribution in [3.8, 4) is 6.07 Å². The molecule has 0 N–H and O–H groups in total. The van der Waals surface area contributed by atoms with Gasteiger partial charge in [0.2, 0.25) is 0 Å². The quantitative estimate of drug-likeness (QED) is 0.634. The first-order valence-electron chi connectivity index (χ1n) is 5.33. The van der Waals surface area contributed by atoms with Gasteiger partial charge < -0.3 is 4.74 Å². The largest absolute Gasteiger partial charge is 0.469 e. The molecule has 0 bridgehead atoms. The Kier molecular flexibility index (Phi) is 5.17. The van der Waals surface area contributed by atoms with E-state index in [0.717, 1.165) is 23.1 Å². The first-order valence-corrected chi connectivity index (χ1v) is 6.45. The second-order valence-electron chi connectivity index (χ2n) is 3.64. The van der Waals surface area contributed by atoms with Gasteiger partial charge in [0.05, 0.1) is 25.2 Å². The summed E-state index contributed by atoms with van der Waals surface area (Å²) in [7, 11) is 1.35. The van der Waals surface area contributed by atoms with Crippen LogP contribution in [0.4, 0.5) is 0 Å². The van der Waals surface area contributed by atoms with E-state index in [0.29, 0.717) is 10.9 Å². The molecule has 4 heteroatoms. The number of ether oxygens (including phenoxy) is 1. The van der Waals surface area contributed by atoms with Gasteiger partial charge in [-0.15, -0.1) is 0 Å². The fraction of sp³-hybridized carbons (Fsp3) is 0.385. The standard InChI is InChI=1S/C13H14BrNO2/c1-3-9-4-10(6-13(16)17-2)12(8-15)11(5-9)7-14/h4-5H,3,6-7H2,1-2H3. The molecule has 0 heterocycles. The Morgan fingerprint density at radius 1 is 1.47 bits per heavy atom. The molecule has 0 saturated heterocycles. The summed E-state index contributed by atoms with van der Waals surface area (Å²) in [6.45, 7) is 2.04. The number of nitrogens with zero attached hydrogens (tertiary/aromatic N) is 1. The maximum atomic E-state index is 11.3. The van der Waals surface area contributed by atoms with E-state index >= 15 is 0 Å². The average Bonchev–Trinajstić information content (AvgIpc) is 2.37. The molecule has 0 amide bonds. The van der Waals surface area contributed by atoms with Crippen LogP contribution in [0, 0.1) is 11.3 Å². The minimum atomic E-state index is -0.324. The lowest BCUT2D eigenvalue weighted by Crippen LogP contribution is -2.08. The van der Waals surface area contributed by atoms with Crippen LogP contribution in [0.25, 0.3) is 0 Å². The highest BCUT2D eigenvalue weighted by Gasteiger charge is 2.13. The van der Waals surface area contributed by atoms with Crippen molar-refractivity contribution in [3.05, 3.63) is 34.4 Å². The highest BCUT2D eigenvalue weighted by molar-refractivity contribution is 9.08. The Morgan fingerprint density at radius 3 is 2.59 bits per heavy atom. The maximum absolute atomic E-state index is 11.3. The highest BCUT2D eigenvalue weighted by Crippen LogP contribution is 2.21. The van der Waals surface area contributed by atoms with Crippen molar-refractivity contribution in [2.75, 3.05) is 7.11 Å². The van der Waals surface area contributed by atoms with Crippen LogP contribution in [0.2, 0.25) is 0 Å². The normalized spacial score (nSPS) is 9.76. The van der Waals surface area contributed by atoms with Crippen LogP contribution in [0.5, 0.6) is 0 Å². The molecule has 0 fully saturated rings. The van der Waals surface area contributed by atoms with Gasteiger partial charge in [-0.1, -0.05) is 35.0 Å². The number of methoxy groups -OCH3 is 1. The molecule has 17 heavy (non-hydrogen) atoms. The van der Waals surface area contributed by atoms with E-state index in [1.165, 1.54) is 7.11 Å². The molecule has 1 aromatic carbocycles.